The normalized spacial score (nSPS) is 12.4. The van der Waals surface area contributed by atoms with E-state index in [1.165, 1.54) is 17.1 Å². The van der Waals surface area contributed by atoms with E-state index in [2.05, 4.69) is 27.6 Å². The van der Waals surface area contributed by atoms with E-state index in [4.69, 9.17) is 4.74 Å². The van der Waals surface area contributed by atoms with Gasteiger partial charge < -0.3 is 24.9 Å². The highest BCUT2D eigenvalue weighted by molar-refractivity contribution is 14.1. The number of carbonyl (C=O) groups is 1. The van der Waals surface area contributed by atoms with Crippen molar-refractivity contribution in [2.24, 2.45) is 0 Å². The number of ether oxygens (including phenoxy) is 1. The highest BCUT2D eigenvalue weighted by Crippen LogP contribution is 2.25. The molecule has 0 radical (unpaired) electrons. The minimum Gasteiger partial charge on any atom is -0.626 e. The smallest absolute Gasteiger partial charge is 0.333 e. The van der Waals surface area contributed by atoms with Crippen molar-refractivity contribution in [3.8, 4) is 0 Å². The molecular formula is C13H13IN3O4-. The first-order valence-electron chi connectivity index (χ1n) is 6.20. The highest BCUT2D eigenvalue weighted by Gasteiger charge is 2.26. The van der Waals surface area contributed by atoms with Crippen LogP contribution in [-0.4, -0.2) is 22.1 Å². The summed E-state index contributed by atoms with van der Waals surface area (Å²) in [6.07, 6.45) is 2.55. The molecule has 0 aliphatic heterocycles. The Morgan fingerprint density at radius 1 is 1.48 bits per heavy atom. The summed E-state index contributed by atoms with van der Waals surface area (Å²) in [7, 11) is 0. The molecule has 8 heteroatoms. The fourth-order valence-electron chi connectivity index (χ4n) is 1.91. The standard InChI is InChI=1S/C13H13IN3O4/c1-2-21-13(18)12(9-5-3-4-6-10(9)14)16-7-11(15-8-16)17(19)20/h3-8,12,17H,2H2,1H3/q-1. The molecule has 0 fully saturated rings. The molecule has 1 aromatic heterocycles. The van der Waals surface area contributed by atoms with Crippen LogP contribution in [0, 0.1) is 14.0 Å². The van der Waals surface area contributed by atoms with E-state index in [9.17, 15) is 15.2 Å². The second-order valence-corrected chi connectivity index (χ2v) is 5.33. The highest BCUT2D eigenvalue weighted by atomic mass is 127. The number of quaternary nitrogens is 1. The zero-order chi connectivity index (χ0) is 15.4. The van der Waals surface area contributed by atoms with E-state index in [1.807, 2.05) is 12.1 Å². The number of nitrogens with one attached hydrogen (secondary N) is 1. The van der Waals surface area contributed by atoms with Gasteiger partial charge in [-0.25, -0.2) is 4.79 Å². The number of halogens is 1. The van der Waals surface area contributed by atoms with Gasteiger partial charge in [0.15, 0.2) is 6.04 Å². The van der Waals surface area contributed by atoms with Crippen LogP contribution in [0.2, 0.25) is 0 Å². The lowest BCUT2D eigenvalue weighted by Gasteiger charge is -2.21. The largest absolute Gasteiger partial charge is 0.626 e. The predicted molar refractivity (Wildman–Crippen MR) is 83.5 cm³/mol. The Morgan fingerprint density at radius 2 is 2.19 bits per heavy atom. The van der Waals surface area contributed by atoms with Gasteiger partial charge in [-0.15, -0.1) is 0 Å². The molecule has 1 unspecified atom stereocenters. The molecule has 1 heterocycles. The zero-order valence-electron chi connectivity index (χ0n) is 11.2. The van der Waals surface area contributed by atoms with Gasteiger partial charge in [0, 0.05) is 3.57 Å². The molecule has 2 rings (SSSR count). The van der Waals surface area contributed by atoms with Crippen LogP contribution in [0.3, 0.4) is 0 Å². The molecular weight excluding hydrogens is 389 g/mol. The Kier molecular flexibility index (Phi) is 5.28. The molecule has 1 N–H and O–H groups in total. The van der Waals surface area contributed by atoms with Crippen molar-refractivity contribution in [1.29, 1.82) is 0 Å². The van der Waals surface area contributed by atoms with Crippen molar-refractivity contribution in [2.45, 2.75) is 13.0 Å². The summed E-state index contributed by atoms with van der Waals surface area (Å²) in [4.78, 5) is 16.0. The third-order valence-electron chi connectivity index (χ3n) is 2.82. The van der Waals surface area contributed by atoms with Gasteiger partial charge >= 0.3 is 5.97 Å². The van der Waals surface area contributed by atoms with E-state index in [1.54, 1.807) is 19.1 Å². The molecule has 1 aromatic carbocycles. The fourth-order valence-corrected chi connectivity index (χ4v) is 2.59. The first-order chi connectivity index (χ1) is 10.0. The summed E-state index contributed by atoms with van der Waals surface area (Å²) in [5, 5.41) is 20.3. The molecule has 21 heavy (non-hydrogen) atoms. The van der Waals surface area contributed by atoms with Gasteiger partial charge in [-0.05, 0) is 41.1 Å². The van der Waals surface area contributed by atoms with Crippen molar-refractivity contribution in [2.75, 3.05) is 6.61 Å². The molecule has 0 spiro atoms. The molecule has 7 nitrogen and oxygen atoms in total. The predicted octanol–water partition coefficient (Wildman–Crippen LogP) is 1.15. The van der Waals surface area contributed by atoms with Crippen molar-refractivity contribution in [3.05, 3.63) is 56.3 Å². The summed E-state index contributed by atoms with van der Waals surface area (Å²) in [5.74, 6) is -0.695. The number of aromatic nitrogens is 2. The van der Waals surface area contributed by atoms with E-state index in [0.717, 1.165) is 9.13 Å². The van der Waals surface area contributed by atoms with Gasteiger partial charge in [0.25, 0.3) is 0 Å². The number of rotatable bonds is 5. The number of benzene rings is 1. The van der Waals surface area contributed by atoms with Crippen LogP contribution < -0.4 is 5.23 Å². The van der Waals surface area contributed by atoms with Crippen LogP contribution in [0.25, 0.3) is 0 Å². The van der Waals surface area contributed by atoms with Crippen LogP contribution >= 0.6 is 22.6 Å². The average molecular weight is 402 g/mol. The van der Waals surface area contributed by atoms with Crippen LogP contribution in [0.1, 0.15) is 18.5 Å². The lowest BCUT2D eigenvalue weighted by atomic mass is 10.1. The molecule has 0 bridgehead atoms. The van der Waals surface area contributed by atoms with Crippen LogP contribution in [-0.2, 0) is 9.53 Å². The van der Waals surface area contributed by atoms with Crippen molar-refractivity contribution in [3.63, 3.8) is 0 Å². The third kappa shape index (κ3) is 3.59. The Bertz CT molecular complexity index is 629. The molecule has 1 atom stereocenters. The Balaban J connectivity index is 2.45. The summed E-state index contributed by atoms with van der Waals surface area (Å²) in [5.41, 5.74) is 0.721. The van der Waals surface area contributed by atoms with Gasteiger partial charge in [-0.3, -0.25) is 0 Å². The van der Waals surface area contributed by atoms with Crippen molar-refractivity contribution < 1.29 is 14.8 Å². The molecule has 0 saturated carbocycles. The van der Waals surface area contributed by atoms with E-state index in [0.29, 0.717) is 0 Å². The maximum atomic E-state index is 12.2. The quantitative estimate of drug-likeness (QED) is 0.460. The van der Waals surface area contributed by atoms with E-state index in [-0.39, 0.29) is 12.4 Å². The molecule has 0 aliphatic rings. The van der Waals surface area contributed by atoms with Crippen molar-refractivity contribution in [1.82, 2.24) is 9.55 Å². The lowest BCUT2D eigenvalue weighted by molar-refractivity contribution is -0.718. The Hall–Kier alpha value is -1.49. The van der Waals surface area contributed by atoms with Crippen molar-refractivity contribution >= 4 is 34.4 Å². The summed E-state index contributed by atoms with van der Waals surface area (Å²) < 4.78 is 7.37. The number of nitrogens with zero attached hydrogens (tertiary/aromatic N) is 2. The Morgan fingerprint density at radius 3 is 2.76 bits per heavy atom. The minimum atomic E-state index is -1.39. The fraction of sp³-hybridized carbons (Fsp3) is 0.231. The lowest BCUT2D eigenvalue weighted by Crippen LogP contribution is -2.96. The monoisotopic (exact) mass is 402 g/mol. The van der Waals surface area contributed by atoms with Gasteiger partial charge in [0.05, 0.1) is 12.8 Å². The second-order valence-electron chi connectivity index (χ2n) is 4.17. The van der Waals surface area contributed by atoms with Gasteiger partial charge in [0.2, 0.25) is 5.82 Å². The van der Waals surface area contributed by atoms with E-state index >= 15 is 0 Å². The zero-order valence-corrected chi connectivity index (χ0v) is 13.3. The van der Waals surface area contributed by atoms with Crippen LogP contribution in [0.5, 0.6) is 0 Å². The SMILES string of the molecule is CCOC(=O)C(c1ccccc1I)n1cnc([NH+]([O-])[O-])c1. The summed E-state index contributed by atoms with van der Waals surface area (Å²) in [6, 6.07) is 6.54. The number of hydrogen-bond acceptors (Lipinski definition) is 5. The van der Waals surface area contributed by atoms with Crippen LogP contribution in [0.15, 0.2) is 36.8 Å². The van der Waals surface area contributed by atoms with Gasteiger partial charge in [-0.2, -0.15) is 4.98 Å². The average Bonchev–Trinajstić information content (AvgIpc) is 2.91. The second kappa shape index (κ2) is 6.98. The van der Waals surface area contributed by atoms with E-state index < -0.39 is 17.2 Å². The first kappa shape index (κ1) is 15.9. The number of carbonyl (C=O) groups excluding carboxylic acids is 1. The molecule has 0 amide bonds. The molecule has 2 aromatic rings. The molecule has 0 aliphatic carbocycles. The number of hydrogen-bond donors (Lipinski definition) is 1. The minimum absolute atomic E-state index is 0.227. The summed E-state index contributed by atoms with van der Waals surface area (Å²) >= 11 is 2.11. The number of imidazole rings is 1. The van der Waals surface area contributed by atoms with Gasteiger partial charge in [-0.1, -0.05) is 18.2 Å². The third-order valence-corrected chi connectivity index (χ3v) is 3.80. The maximum absolute atomic E-state index is 12.2. The first-order valence-corrected chi connectivity index (χ1v) is 7.28. The molecule has 0 saturated heterocycles. The topological polar surface area (TPSA) is 94.7 Å². The van der Waals surface area contributed by atoms with Crippen LogP contribution in [0.4, 0.5) is 5.82 Å². The Labute approximate surface area is 134 Å². The summed E-state index contributed by atoms with van der Waals surface area (Å²) in [6.45, 7) is 1.95. The maximum Gasteiger partial charge on any atom is 0.333 e. The van der Waals surface area contributed by atoms with Gasteiger partial charge in [0.1, 0.15) is 6.33 Å². The molecule has 112 valence electrons. The number of esters is 1.